The Kier molecular flexibility index (Phi) is 7.45. The summed E-state index contributed by atoms with van der Waals surface area (Å²) in [6.07, 6.45) is 12.3. The van der Waals surface area contributed by atoms with E-state index in [2.05, 4.69) is 26.1 Å². The lowest BCUT2D eigenvalue weighted by atomic mass is 9.44. The molecular weight excluding hydrogens is 426 g/mol. The van der Waals surface area contributed by atoms with Crippen molar-refractivity contribution in [2.24, 2.45) is 52.3 Å². The second-order valence-electron chi connectivity index (χ2n) is 13.5. The first-order valence-electron chi connectivity index (χ1n) is 14.2. The maximum Gasteiger partial charge on any atom is 0.326 e. The molecule has 5 nitrogen and oxygen atoms in total. The quantitative estimate of drug-likeness (QED) is 0.444. The van der Waals surface area contributed by atoms with Crippen molar-refractivity contribution in [3.8, 4) is 0 Å². The third kappa shape index (κ3) is 4.55. The van der Waals surface area contributed by atoms with Gasteiger partial charge in [-0.1, -0.05) is 34.6 Å². The summed E-state index contributed by atoms with van der Waals surface area (Å²) in [4.78, 5) is 24.0. The van der Waals surface area contributed by atoms with Crippen molar-refractivity contribution < 1.29 is 19.8 Å². The summed E-state index contributed by atoms with van der Waals surface area (Å²) in [7, 11) is 0. The molecule has 0 radical (unpaired) electrons. The number of carbonyl (C=O) groups is 2. The summed E-state index contributed by atoms with van der Waals surface area (Å²) >= 11 is 0. The van der Waals surface area contributed by atoms with Crippen LogP contribution in [0.2, 0.25) is 0 Å². The fourth-order valence-corrected chi connectivity index (χ4v) is 9.53. The monoisotopic (exact) mass is 475 g/mol. The highest BCUT2D eigenvalue weighted by atomic mass is 16.4. The molecule has 0 spiro atoms. The van der Waals surface area contributed by atoms with Gasteiger partial charge in [0.2, 0.25) is 5.91 Å². The normalized spacial score (nSPS) is 43.4. The molecule has 34 heavy (non-hydrogen) atoms. The molecule has 0 saturated heterocycles. The van der Waals surface area contributed by atoms with Crippen molar-refractivity contribution >= 4 is 11.9 Å². The van der Waals surface area contributed by atoms with Crippen LogP contribution in [-0.2, 0) is 9.59 Å². The Labute approximate surface area is 206 Å². The van der Waals surface area contributed by atoms with E-state index in [1.54, 1.807) is 0 Å². The van der Waals surface area contributed by atoms with Crippen LogP contribution in [0.3, 0.4) is 0 Å². The van der Waals surface area contributed by atoms with Crippen LogP contribution in [0, 0.1) is 52.3 Å². The molecule has 0 unspecified atom stereocenters. The van der Waals surface area contributed by atoms with E-state index < -0.39 is 12.0 Å². The molecule has 0 aromatic carbocycles. The van der Waals surface area contributed by atoms with E-state index >= 15 is 0 Å². The number of carbonyl (C=O) groups excluding carboxylic acids is 1. The molecule has 0 aromatic rings. The van der Waals surface area contributed by atoms with Gasteiger partial charge in [-0.15, -0.1) is 0 Å². The zero-order valence-corrected chi connectivity index (χ0v) is 22.2. The van der Waals surface area contributed by atoms with Gasteiger partial charge in [0.05, 0.1) is 6.10 Å². The number of fused-ring (bicyclic) bond motifs is 5. The Morgan fingerprint density at radius 1 is 0.941 bits per heavy atom. The molecule has 4 fully saturated rings. The summed E-state index contributed by atoms with van der Waals surface area (Å²) < 4.78 is 0. The van der Waals surface area contributed by atoms with Crippen LogP contribution >= 0.6 is 0 Å². The lowest BCUT2D eigenvalue weighted by Gasteiger charge is -2.61. The molecule has 0 bridgehead atoms. The van der Waals surface area contributed by atoms with E-state index in [0.29, 0.717) is 35.0 Å². The van der Waals surface area contributed by atoms with Crippen molar-refractivity contribution in [3.05, 3.63) is 0 Å². The van der Waals surface area contributed by atoms with Gasteiger partial charge in [0.15, 0.2) is 0 Å². The fraction of sp³-hybridized carbons (Fsp3) is 0.931. The number of nitrogens with one attached hydrogen (secondary N) is 1. The van der Waals surface area contributed by atoms with Gasteiger partial charge in [-0.25, -0.2) is 4.79 Å². The number of aliphatic hydroxyl groups is 1. The van der Waals surface area contributed by atoms with Gasteiger partial charge in [0.1, 0.15) is 6.04 Å². The summed E-state index contributed by atoms with van der Waals surface area (Å²) in [5.74, 6) is 3.11. The van der Waals surface area contributed by atoms with Gasteiger partial charge < -0.3 is 15.5 Å². The van der Waals surface area contributed by atoms with Crippen LogP contribution in [0.25, 0.3) is 0 Å². The molecule has 1 amide bonds. The Bertz CT molecular complexity index is 767. The van der Waals surface area contributed by atoms with Crippen molar-refractivity contribution in [2.45, 2.75) is 117 Å². The predicted octanol–water partition coefficient (Wildman–Crippen LogP) is 5.65. The highest BCUT2D eigenvalue weighted by molar-refractivity contribution is 5.83. The van der Waals surface area contributed by atoms with Crippen LogP contribution in [0.5, 0.6) is 0 Å². The van der Waals surface area contributed by atoms with Crippen LogP contribution in [-0.4, -0.2) is 34.2 Å². The minimum absolute atomic E-state index is 0.0799. The fourth-order valence-electron chi connectivity index (χ4n) is 9.53. The largest absolute Gasteiger partial charge is 0.480 e. The van der Waals surface area contributed by atoms with Crippen LogP contribution in [0.1, 0.15) is 105 Å². The molecule has 4 aliphatic carbocycles. The molecule has 10 atom stereocenters. The summed E-state index contributed by atoms with van der Waals surface area (Å²) in [6, 6.07) is -0.802. The first-order valence-corrected chi connectivity index (χ1v) is 14.2. The minimum Gasteiger partial charge on any atom is -0.480 e. The number of aliphatic carboxylic acids is 1. The SMILES string of the molecule is CC(C)[C@@H](NC(=O)CC[C@@H](C)[C@H]1CC[C@H]2[C@@H]3CC[C@@H]4C[C@H](O)CC[C@]4(C)[C@H]3CC[C@]12C)C(=O)O. The molecule has 194 valence electrons. The summed E-state index contributed by atoms with van der Waals surface area (Å²) in [6.45, 7) is 11.1. The molecule has 0 aromatic heterocycles. The van der Waals surface area contributed by atoms with E-state index in [1.807, 2.05) is 13.8 Å². The number of aliphatic hydroxyl groups excluding tert-OH is 1. The third-order valence-electron chi connectivity index (χ3n) is 11.5. The van der Waals surface area contributed by atoms with Crippen LogP contribution in [0.15, 0.2) is 0 Å². The standard InChI is InChI=1S/C29H49NO4/c1-17(2)26(27(33)34)30-25(32)11-6-18(3)22-9-10-23-21-8-7-19-16-20(31)12-14-28(19,4)24(21)13-15-29(22,23)5/h17-24,26,31H,6-16H2,1-5H3,(H,30,32)(H,33,34)/t18-,19-,20-,21+,22-,23+,24+,26-,28+,29-/m1/s1. The highest BCUT2D eigenvalue weighted by Gasteiger charge is 2.60. The average molecular weight is 476 g/mol. The Morgan fingerprint density at radius 2 is 1.62 bits per heavy atom. The van der Waals surface area contributed by atoms with E-state index in [0.717, 1.165) is 37.0 Å². The highest BCUT2D eigenvalue weighted by Crippen LogP contribution is 2.68. The van der Waals surface area contributed by atoms with Gasteiger partial charge in [0, 0.05) is 6.42 Å². The minimum atomic E-state index is -0.949. The molecule has 5 heteroatoms. The molecule has 4 saturated carbocycles. The van der Waals surface area contributed by atoms with Gasteiger partial charge >= 0.3 is 5.97 Å². The van der Waals surface area contributed by atoms with E-state index in [9.17, 15) is 19.8 Å². The molecule has 3 N–H and O–H groups in total. The van der Waals surface area contributed by atoms with Gasteiger partial charge in [-0.05, 0) is 116 Å². The first kappa shape index (κ1) is 26.0. The molecule has 4 aliphatic rings. The predicted molar refractivity (Wildman–Crippen MR) is 134 cm³/mol. The Morgan fingerprint density at radius 3 is 2.29 bits per heavy atom. The lowest BCUT2D eigenvalue weighted by molar-refractivity contribution is -0.143. The average Bonchev–Trinajstić information content (AvgIpc) is 3.13. The number of carboxylic acids is 1. The van der Waals surface area contributed by atoms with E-state index in [1.165, 1.54) is 44.9 Å². The molecule has 4 rings (SSSR count). The zero-order valence-electron chi connectivity index (χ0n) is 22.2. The van der Waals surface area contributed by atoms with Crippen molar-refractivity contribution in [1.82, 2.24) is 5.32 Å². The topological polar surface area (TPSA) is 86.6 Å². The maximum absolute atomic E-state index is 12.5. The van der Waals surface area contributed by atoms with Gasteiger partial charge in [-0.2, -0.15) is 0 Å². The van der Waals surface area contributed by atoms with Crippen LogP contribution < -0.4 is 5.32 Å². The number of amides is 1. The van der Waals surface area contributed by atoms with Gasteiger partial charge in [0.25, 0.3) is 0 Å². The van der Waals surface area contributed by atoms with Crippen molar-refractivity contribution in [1.29, 1.82) is 0 Å². The van der Waals surface area contributed by atoms with E-state index in [-0.39, 0.29) is 17.9 Å². The summed E-state index contributed by atoms with van der Waals surface area (Å²) in [5, 5.41) is 22.4. The van der Waals surface area contributed by atoms with Gasteiger partial charge in [-0.3, -0.25) is 4.79 Å². The number of carboxylic acid groups (broad SMARTS) is 1. The second-order valence-corrected chi connectivity index (χ2v) is 13.5. The lowest BCUT2D eigenvalue weighted by Crippen LogP contribution is -2.54. The molecule has 0 heterocycles. The Hall–Kier alpha value is -1.10. The number of rotatable bonds is 7. The maximum atomic E-state index is 12.5. The van der Waals surface area contributed by atoms with Crippen LogP contribution in [0.4, 0.5) is 0 Å². The van der Waals surface area contributed by atoms with Crippen molar-refractivity contribution in [3.63, 3.8) is 0 Å². The summed E-state index contributed by atoms with van der Waals surface area (Å²) in [5.41, 5.74) is 0.790. The number of hydrogen-bond acceptors (Lipinski definition) is 3. The molecular formula is C29H49NO4. The van der Waals surface area contributed by atoms with E-state index in [4.69, 9.17) is 0 Å². The first-order chi connectivity index (χ1) is 16.0. The smallest absolute Gasteiger partial charge is 0.326 e. The second kappa shape index (κ2) is 9.75. The third-order valence-corrected chi connectivity index (χ3v) is 11.5. The molecule has 0 aliphatic heterocycles. The Balaban J connectivity index is 1.38. The zero-order chi connectivity index (χ0) is 24.8. The van der Waals surface area contributed by atoms with Crippen molar-refractivity contribution in [2.75, 3.05) is 0 Å². The number of hydrogen-bond donors (Lipinski definition) is 3.